The Bertz CT molecular complexity index is 492. The van der Waals surface area contributed by atoms with Crippen LogP contribution in [-0.2, 0) is 19.4 Å². The van der Waals surface area contributed by atoms with E-state index >= 15 is 0 Å². The highest BCUT2D eigenvalue weighted by atomic mass is 16.3. The zero-order valence-electron chi connectivity index (χ0n) is 9.53. The van der Waals surface area contributed by atoms with E-state index in [1.54, 1.807) is 12.1 Å². The van der Waals surface area contributed by atoms with Crippen molar-refractivity contribution in [3.8, 4) is 5.75 Å². The molecule has 1 aromatic carbocycles. The maximum Gasteiger partial charge on any atom is 0.115 e. The van der Waals surface area contributed by atoms with Gasteiger partial charge in [0.15, 0.2) is 0 Å². The Morgan fingerprint density at radius 2 is 2.06 bits per heavy atom. The van der Waals surface area contributed by atoms with Gasteiger partial charge < -0.3 is 15.4 Å². The van der Waals surface area contributed by atoms with E-state index in [1.165, 1.54) is 11.4 Å². The van der Waals surface area contributed by atoms with E-state index < -0.39 is 0 Å². The van der Waals surface area contributed by atoms with Crippen molar-refractivity contribution in [2.45, 2.75) is 19.4 Å². The van der Waals surface area contributed by atoms with E-state index in [1.807, 2.05) is 12.1 Å². The van der Waals surface area contributed by atoms with E-state index in [4.69, 9.17) is 0 Å². The summed E-state index contributed by atoms with van der Waals surface area (Å²) in [6.07, 6.45) is 1.79. The number of fused-ring (bicyclic) bond motifs is 1. The van der Waals surface area contributed by atoms with Crippen molar-refractivity contribution in [2.75, 3.05) is 6.54 Å². The lowest BCUT2D eigenvalue weighted by molar-refractivity contribution is 0.475. The standard InChI is InChI=1S/C13H15N3O/c17-10-3-1-9(2-4-10)7-13-15-11-5-6-14-8-12(11)16-13/h1-4,14,17H,5-8H2,(H,15,16). The molecule has 0 saturated carbocycles. The molecule has 1 aliphatic heterocycles. The largest absolute Gasteiger partial charge is 0.508 e. The van der Waals surface area contributed by atoms with Gasteiger partial charge in [-0.2, -0.15) is 0 Å². The van der Waals surface area contributed by atoms with Crippen LogP contribution in [0.3, 0.4) is 0 Å². The van der Waals surface area contributed by atoms with E-state index in [0.29, 0.717) is 5.75 Å². The first-order valence-electron chi connectivity index (χ1n) is 5.86. The summed E-state index contributed by atoms with van der Waals surface area (Å²) in [5.41, 5.74) is 3.56. The predicted molar refractivity (Wildman–Crippen MR) is 64.9 cm³/mol. The number of phenols is 1. The van der Waals surface area contributed by atoms with E-state index in [-0.39, 0.29) is 0 Å². The Kier molecular flexibility index (Phi) is 2.57. The van der Waals surface area contributed by atoms with Crippen LogP contribution in [0.4, 0.5) is 0 Å². The molecule has 0 atom stereocenters. The van der Waals surface area contributed by atoms with Gasteiger partial charge in [-0.1, -0.05) is 12.1 Å². The molecule has 0 spiro atoms. The Hall–Kier alpha value is -1.81. The molecular weight excluding hydrogens is 214 g/mol. The van der Waals surface area contributed by atoms with Crippen LogP contribution in [0.25, 0.3) is 0 Å². The van der Waals surface area contributed by atoms with Gasteiger partial charge in [0, 0.05) is 25.9 Å². The van der Waals surface area contributed by atoms with E-state index in [0.717, 1.165) is 37.3 Å². The Morgan fingerprint density at radius 3 is 2.82 bits per heavy atom. The molecule has 0 unspecified atom stereocenters. The van der Waals surface area contributed by atoms with Crippen molar-refractivity contribution in [2.24, 2.45) is 0 Å². The number of aromatic amines is 1. The highest BCUT2D eigenvalue weighted by Crippen LogP contribution is 2.15. The van der Waals surface area contributed by atoms with E-state index in [9.17, 15) is 5.11 Å². The second-order valence-electron chi connectivity index (χ2n) is 4.38. The molecule has 2 aromatic rings. The normalized spacial score (nSPS) is 14.6. The first kappa shape index (κ1) is 10.4. The summed E-state index contributed by atoms with van der Waals surface area (Å²) < 4.78 is 0. The summed E-state index contributed by atoms with van der Waals surface area (Å²) in [6, 6.07) is 7.27. The van der Waals surface area contributed by atoms with Gasteiger partial charge in [0.25, 0.3) is 0 Å². The number of aromatic hydroxyl groups is 1. The number of nitrogens with one attached hydrogen (secondary N) is 2. The Labute approximate surface area is 99.7 Å². The minimum absolute atomic E-state index is 0.302. The number of rotatable bonds is 2. The van der Waals surface area contributed by atoms with Crippen LogP contribution in [0, 0.1) is 0 Å². The summed E-state index contributed by atoms with van der Waals surface area (Å²) in [6.45, 7) is 1.90. The smallest absolute Gasteiger partial charge is 0.115 e. The fourth-order valence-corrected chi connectivity index (χ4v) is 2.17. The monoisotopic (exact) mass is 229 g/mol. The van der Waals surface area contributed by atoms with Gasteiger partial charge in [0.2, 0.25) is 0 Å². The lowest BCUT2D eigenvalue weighted by Crippen LogP contribution is -2.23. The molecule has 1 aromatic heterocycles. The van der Waals surface area contributed by atoms with Crippen molar-refractivity contribution >= 4 is 0 Å². The molecule has 0 fully saturated rings. The maximum absolute atomic E-state index is 9.22. The zero-order valence-corrected chi connectivity index (χ0v) is 9.53. The van der Waals surface area contributed by atoms with Crippen molar-refractivity contribution in [3.63, 3.8) is 0 Å². The summed E-state index contributed by atoms with van der Waals surface area (Å²) in [5.74, 6) is 1.31. The molecule has 1 aliphatic rings. The van der Waals surface area contributed by atoms with Crippen molar-refractivity contribution in [1.82, 2.24) is 15.3 Å². The molecular formula is C13H15N3O. The average Bonchev–Trinajstić information content (AvgIpc) is 2.74. The number of benzene rings is 1. The Balaban J connectivity index is 1.80. The van der Waals surface area contributed by atoms with Crippen molar-refractivity contribution < 1.29 is 5.11 Å². The number of imidazole rings is 1. The maximum atomic E-state index is 9.22. The third-order valence-electron chi connectivity index (χ3n) is 3.06. The van der Waals surface area contributed by atoms with Gasteiger partial charge in [-0.3, -0.25) is 0 Å². The molecule has 0 aliphatic carbocycles. The molecule has 2 heterocycles. The molecule has 3 rings (SSSR count). The quantitative estimate of drug-likeness (QED) is 0.728. The van der Waals surface area contributed by atoms with Crippen molar-refractivity contribution in [3.05, 3.63) is 47.0 Å². The molecule has 3 N–H and O–H groups in total. The summed E-state index contributed by atoms with van der Waals surface area (Å²) >= 11 is 0. The average molecular weight is 229 g/mol. The molecule has 4 nitrogen and oxygen atoms in total. The van der Waals surface area contributed by atoms with Crippen LogP contribution in [0.15, 0.2) is 24.3 Å². The van der Waals surface area contributed by atoms with Gasteiger partial charge in [-0.25, -0.2) is 4.98 Å². The number of phenolic OH excluding ortho intramolecular Hbond substituents is 1. The van der Waals surface area contributed by atoms with Crippen LogP contribution < -0.4 is 5.32 Å². The highest BCUT2D eigenvalue weighted by Gasteiger charge is 2.13. The van der Waals surface area contributed by atoms with Crippen molar-refractivity contribution in [1.29, 1.82) is 0 Å². The number of nitrogens with zero attached hydrogens (tertiary/aromatic N) is 1. The lowest BCUT2D eigenvalue weighted by Gasteiger charge is -2.09. The molecule has 0 bridgehead atoms. The van der Waals surface area contributed by atoms with Gasteiger partial charge in [-0.05, 0) is 17.7 Å². The summed E-state index contributed by atoms with van der Waals surface area (Å²) in [7, 11) is 0. The van der Waals surface area contributed by atoms with Gasteiger partial charge in [0.1, 0.15) is 11.6 Å². The second-order valence-corrected chi connectivity index (χ2v) is 4.38. The molecule has 0 amide bonds. The predicted octanol–water partition coefficient (Wildman–Crippen LogP) is 1.35. The Morgan fingerprint density at radius 1 is 1.24 bits per heavy atom. The number of hydrogen-bond donors (Lipinski definition) is 3. The number of aromatic nitrogens is 2. The van der Waals surface area contributed by atoms with Crippen LogP contribution in [0.5, 0.6) is 5.75 Å². The SMILES string of the molecule is Oc1ccc(Cc2nc3c([nH]2)CNCC3)cc1. The molecule has 17 heavy (non-hydrogen) atoms. The van der Waals surface area contributed by atoms with Crippen LogP contribution in [0.2, 0.25) is 0 Å². The minimum Gasteiger partial charge on any atom is -0.508 e. The molecule has 0 saturated heterocycles. The third kappa shape index (κ3) is 2.17. The van der Waals surface area contributed by atoms with Crippen LogP contribution in [0.1, 0.15) is 22.8 Å². The second kappa shape index (κ2) is 4.22. The first-order chi connectivity index (χ1) is 8.31. The fourth-order valence-electron chi connectivity index (χ4n) is 2.17. The first-order valence-corrected chi connectivity index (χ1v) is 5.86. The molecule has 4 heteroatoms. The van der Waals surface area contributed by atoms with E-state index in [2.05, 4.69) is 15.3 Å². The van der Waals surface area contributed by atoms with Gasteiger partial charge in [0.05, 0.1) is 11.4 Å². The van der Waals surface area contributed by atoms with Gasteiger partial charge >= 0.3 is 0 Å². The highest BCUT2D eigenvalue weighted by molar-refractivity contribution is 5.28. The summed E-state index contributed by atoms with van der Waals surface area (Å²) in [4.78, 5) is 7.97. The zero-order chi connectivity index (χ0) is 11.7. The fraction of sp³-hybridized carbons (Fsp3) is 0.308. The topological polar surface area (TPSA) is 60.9 Å². The number of H-pyrrole nitrogens is 1. The lowest BCUT2D eigenvalue weighted by atomic mass is 10.1. The van der Waals surface area contributed by atoms with Crippen LogP contribution >= 0.6 is 0 Å². The molecule has 0 radical (unpaired) electrons. The summed E-state index contributed by atoms with van der Waals surface area (Å²) in [5, 5.41) is 12.5. The third-order valence-corrected chi connectivity index (χ3v) is 3.06. The van der Waals surface area contributed by atoms with Crippen LogP contribution in [-0.4, -0.2) is 21.6 Å². The number of hydrogen-bond acceptors (Lipinski definition) is 3. The molecule has 88 valence electrons. The minimum atomic E-state index is 0.302. The van der Waals surface area contributed by atoms with Gasteiger partial charge in [-0.15, -0.1) is 0 Å².